The van der Waals surface area contributed by atoms with Gasteiger partial charge in [0.25, 0.3) is 0 Å². The minimum absolute atomic E-state index is 0.287. The molecule has 5 heteroatoms. The summed E-state index contributed by atoms with van der Waals surface area (Å²) in [7, 11) is -0.808. The lowest BCUT2D eigenvalue weighted by atomic mass is 10.2. The number of thiophene rings is 1. The Bertz CT molecular complexity index is 663. The molecule has 1 aromatic heterocycles. The molecule has 2 heterocycles. The zero-order valence-electron chi connectivity index (χ0n) is 13.4. The molecule has 1 atom stereocenters. The van der Waals surface area contributed by atoms with Crippen LogP contribution in [0.2, 0.25) is 0 Å². The molecule has 0 spiro atoms. The predicted molar refractivity (Wildman–Crippen MR) is 98.5 cm³/mol. The van der Waals surface area contributed by atoms with Gasteiger partial charge in [-0.25, -0.2) is 0 Å². The Kier molecular flexibility index (Phi) is 5.86. The lowest BCUT2D eigenvalue weighted by molar-refractivity contribution is 0.0992. The molecule has 3 rings (SSSR count). The van der Waals surface area contributed by atoms with Crippen molar-refractivity contribution in [1.29, 1.82) is 0 Å². The van der Waals surface area contributed by atoms with E-state index in [1.165, 1.54) is 9.75 Å². The Labute approximate surface area is 144 Å². The molecule has 1 unspecified atom stereocenters. The van der Waals surface area contributed by atoms with Gasteiger partial charge in [-0.2, -0.15) is 0 Å². The highest BCUT2D eigenvalue weighted by molar-refractivity contribution is 7.84. The number of hydrogen-bond donors (Lipinski definition) is 1. The maximum absolute atomic E-state index is 12.5. The summed E-state index contributed by atoms with van der Waals surface area (Å²) in [6.45, 7) is 4.46. The van der Waals surface area contributed by atoms with Gasteiger partial charge in [-0.3, -0.25) is 4.21 Å². The lowest BCUT2D eigenvalue weighted by Gasteiger charge is -2.21. The third-order valence-corrected chi connectivity index (χ3v) is 6.87. The van der Waals surface area contributed by atoms with Crippen molar-refractivity contribution in [2.75, 3.05) is 18.5 Å². The maximum Gasteiger partial charge on any atom is 0.0494 e. The highest BCUT2D eigenvalue weighted by Crippen LogP contribution is 2.20. The molecule has 1 aromatic carbocycles. The van der Waals surface area contributed by atoms with E-state index in [1.807, 2.05) is 17.4 Å². The van der Waals surface area contributed by atoms with Gasteiger partial charge in [0.2, 0.25) is 0 Å². The summed E-state index contributed by atoms with van der Waals surface area (Å²) in [6, 6.07) is 12.6. The SMILES string of the molecule is Cc1ccc(CNc2cccc(CS(=O)C3CCOCC3)c2)s1. The molecule has 1 aliphatic heterocycles. The summed E-state index contributed by atoms with van der Waals surface area (Å²) < 4.78 is 17.8. The van der Waals surface area contributed by atoms with Gasteiger partial charge in [0.15, 0.2) is 0 Å². The van der Waals surface area contributed by atoms with E-state index in [4.69, 9.17) is 4.74 Å². The third kappa shape index (κ3) is 4.90. The number of rotatable bonds is 6. The van der Waals surface area contributed by atoms with Gasteiger partial charge in [0, 0.05) is 57.0 Å². The molecular formula is C18H23NO2S2. The topological polar surface area (TPSA) is 38.3 Å². The summed E-state index contributed by atoms with van der Waals surface area (Å²) in [5, 5.41) is 3.75. The molecular weight excluding hydrogens is 326 g/mol. The van der Waals surface area contributed by atoms with E-state index < -0.39 is 10.8 Å². The molecule has 23 heavy (non-hydrogen) atoms. The highest BCUT2D eigenvalue weighted by Gasteiger charge is 2.20. The first kappa shape index (κ1) is 16.7. The quantitative estimate of drug-likeness (QED) is 0.853. The van der Waals surface area contributed by atoms with Crippen LogP contribution in [0.3, 0.4) is 0 Å². The lowest BCUT2D eigenvalue weighted by Crippen LogP contribution is -2.25. The molecule has 1 aliphatic rings. The molecule has 0 amide bonds. The van der Waals surface area contributed by atoms with Crippen molar-refractivity contribution in [3.05, 3.63) is 51.7 Å². The number of benzene rings is 1. The van der Waals surface area contributed by atoms with E-state index in [2.05, 4.69) is 42.6 Å². The number of aryl methyl sites for hydroxylation is 1. The Morgan fingerprint density at radius 3 is 2.83 bits per heavy atom. The van der Waals surface area contributed by atoms with Crippen LogP contribution in [-0.4, -0.2) is 22.7 Å². The van der Waals surface area contributed by atoms with E-state index in [0.29, 0.717) is 5.75 Å². The Balaban J connectivity index is 1.57. The van der Waals surface area contributed by atoms with Crippen LogP contribution in [0.15, 0.2) is 36.4 Å². The molecule has 0 aliphatic carbocycles. The second kappa shape index (κ2) is 8.08. The predicted octanol–water partition coefficient (Wildman–Crippen LogP) is 4.10. The second-order valence-electron chi connectivity index (χ2n) is 5.90. The van der Waals surface area contributed by atoms with Gasteiger partial charge in [0.1, 0.15) is 0 Å². The molecule has 3 nitrogen and oxygen atoms in total. The maximum atomic E-state index is 12.5. The van der Waals surface area contributed by atoms with Crippen LogP contribution in [0.4, 0.5) is 5.69 Å². The van der Waals surface area contributed by atoms with Gasteiger partial charge >= 0.3 is 0 Å². The van der Waals surface area contributed by atoms with Crippen molar-refractivity contribution >= 4 is 27.8 Å². The van der Waals surface area contributed by atoms with Crippen molar-refractivity contribution in [2.45, 2.75) is 37.3 Å². The fraction of sp³-hybridized carbons (Fsp3) is 0.444. The van der Waals surface area contributed by atoms with Gasteiger partial charge < -0.3 is 10.1 Å². The van der Waals surface area contributed by atoms with E-state index in [9.17, 15) is 4.21 Å². The Morgan fingerprint density at radius 1 is 1.26 bits per heavy atom. The van der Waals surface area contributed by atoms with E-state index >= 15 is 0 Å². The summed E-state index contributed by atoms with van der Waals surface area (Å²) >= 11 is 1.82. The smallest absolute Gasteiger partial charge is 0.0494 e. The van der Waals surface area contributed by atoms with Crippen LogP contribution < -0.4 is 5.32 Å². The van der Waals surface area contributed by atoms with Gasteiger partial charge in [0.05, 0.1) is 0 Å². The average molecular weight is 350 g/mol. The molecule has 1 N–H and O–H groups in total. The van der Waals surface area contributed by atoms with Crippen molar-refractivity contribution in [3.63, 3.8) is 0 Å². The van der Waals surface area contributed by atoms with Gasteiger partial charge in [-0.1, -0.05) is 12.1 Å². The molecule has 2 aromatic rings. The Hall–Kier alpha value is -1.17. The van der Waals surface area contributed by atoms with E-state index in [-0.39, 0.29) is 5.25 Å². The third-order valence-electron chi connectivity index (χ3n) is 4.04. The number of hydrogen-bond acceptors (Lipinski definition) is 4. The largest absolute Gasteiger partial charge is 0.381 e. The fourth-order valence-corrected chi connectivity index (χ4v) is 5.05. The van der Waals surface area contributed by atoms with Crippen LogP contribution in [0, 0.1) is 6.92 Å². The number of anilines is 1. The zero-order valence-corrected chi connectivity index (χ0v) is 15.1. The molecule has 1 fully saturated rings. The number of nitrogens with one attached hydrogen (secondary N) is 1. The second-order valence-corrected chi connectivity index (χ2v) is 8.99. The normalized spacial score (nSPS) is 17.1. The number of ether oxygens (including phenoxy) is 1. The minimum atomic E-state index is -0.808. The van der Waals surface area contributed by atoms with Gasteiger partial charge in [-0.05, 0) is 49.6 Å². The highest BCUT2D eigenvalue weighted by atomic mass is 32.2. The summed E-state index contributed by atoms with van der Waals surface area (Å²) in [6.07, 6.45) is 1.84. The molecule has 124 valence electrons. The summed E-state index contributed by atoms with van der Waals surface area (Å²) in [5.74, 6) is 0.637. The van der Waals surface area contributed by atoms with Crippen molar-refractivity contribution < 1.29 is 8.95 Å². The minimum Gasteiger partial charge on any atom is -0.381 e. The Morgan fingerprint density at radius 2 is 2.09 bits per heavy atom. The van der Waals surface area contributed by atoms with Crippen LogP contribution in [0.5, 0.6) is 0 Å². The molecule has 1 saturated heterocycles. The standard InChI is InChI=1S/C18H23NO2S2/c1-14-5-6-17(22-14)12-19-16-4-2-3-15(11-16)13-23(20)18-7-9-21-10-8-18/h2-6,11,18-19H,7-10,12-13H2,1H3. The first-order valence-corrected chi connectivity index (χ1v) is 10.2. The zero-order chi connectivity index (χ0) is 16.1. The average Bonchev–Trinajstić information content (AvgIpc) is 3.00. The van der Waals surface area contributed by atoms with Crippen LogP contribution >= 0.6 is 11.3 Å². The first-order chi connectivity index (χ1) is 11.2. The molecule has 0 radical (unpaired) electrons. The monoisotopic (exact) mass is 349 g/mol. The molecule has 0 bridgehead atoms. The van der Waals surface area contributed by atoms with Crippen molar-refractivity contribution in [3.8, 4) is 0 Å². The fourth-order valence-electron chi connectivity index (χ4n) is 2.76. The van der Waals surface area contributed by atoms with Crippen LogP contribution in [0.1, 0.15) is 28.2 Å². The summed E-state index contributed by atoms with van der Waals surface area (Å²) in [4.78, 5) is 2.67. The summed E-state index contributed by atoms with van der Waals surface area (Å²) in [5.41, 5.74) is 2.24. The first-order valence-electron chi connectivity index (χ1n) is 8.04. The van der Waals surface area contributed by atoms with Crippen molar-refractivity contribution in [2.24, 2.45) is 0 Å². The van der Waals surface area contributed by atoms with Crippen molar-refractivity contribution in [1.82, 2.24) is 0 Å². The molecule has 0 saturated carbocycles. The van der Waals surface area contributed by atoms with Crippen LogP contribution in [0.25, 0.3) is 0 Å². The van der Waals surface area contributed by atoms with Crippen LogP contribution in [-0.2, 0) is 27.8 Å². The van der Waals surface area contributed by atoms with E-state index in [1.54, 1.807) is 0 Å². The van der Waals surface area contributed by atoms with Gasteiger partial charge in [-0.15, -0.1) is 11.3 Å². The van der Waals surface area contributed by atoms with E-state index in [0.717, 1.165) is 43.9 Å².